The Balaban J connectivity index is 1.75. The van der Waals surface area contributed by atoms with Crippen LogP contribution < -0.4 is 10.1 Å². The molecule has 0 aromatic heterocycles. The molecular formula is C26H31BrCl2N2O3. The molecule has 3 rings (SSSR count). The van der Waals surface area contributed by atoms with Gasteiger partial charge in [-0.2, -0.15) is 0 Å². The molecule has 0 bridgehead atoms. The SMILES string of the molecule is CCc1ccc(OCC(=O)N(Cc2ccc(Cl)cc2Cl)[C@@H](C)C(=O)NC2CCCCC2)c(Br)c1. The summed E-state index contributed by atoms with van der Waals surface area (Å²) in [6.45, 7) is 3.79. The number of nitrogens with one attached hydrogen (secondary N) is 1. The number of nitrogens with zero attached hydrogens (tertiary/aromatic N) is 1. The number of rotatable bonds is 9. The Hall–Kier alpha value is -1.76. The van der Waals surface area contributed by atoms with Crippen molar-refractivity contribution in [2.24, 2.45) is 0 Å². The number of hydrogen-bond donors (Lipinski definition) is 1. The normalized spacial score (nSPS) is 15.0. The standard InChI is InChI=1S/C26H31BrCl2N2O3/c1-3-18-9-12-24(22(27)13-18)34-16-25(32)31(15-19-10-11-20(28)14-23(19)29)17(2)26(33)30-21-7-5-4-6-8-21/h9-14,17,21H,3-8,15-16H2,1-2H3,(H,30,33)/t17-/m0/s1. The third kappa shape index (κ3) is 7.37. The fourth-order valence-corrected chi connectivity index (χ4v) is 5.10. The first-order valence-corrected chi connectivity index (χ1v) is 13.3. The molecule has 2 aromatic rings. The highest BCUT2D eigenvalue weighted by Gasteiger charge is 2.29. The van der Waals surface area contributed by atoms with Crippen molar-refractivity contribution in [3.63, 3.8) is 0 Å². The molecule has 34 heavy (non-hydrogen) atoms. The van der Waals surface area contributed by atoms with Crippen LogP contribution >= 0.6 is 39.1 Å². The Bertz CT molecular complexity index is 1010. The number of carbonyl (C=O) groups excluding carboxylic acids is 2. The van der Waals surface area contributed by atoms with E-state index in [1.165, 1.54) is 11.3 Å². The topological polar surface area (TPSA) is 58.6 Å². The highest BCUT2D eigenvalue weighted by atomic mass is 79.9. The second-order valence-electron chi connectivity index (χ2n) is 8.68. The highest BCUT2D eigenvalue weighted by Crippen LogP contribution is 2.27. The summed E-state index contributed by atoms with van der Waals surface area (Å²) < 4.78 is 6.61. The zero-order valence-corrected chi connectivity index (χ0v) is 22.7. The molecule has 1 aliphatic carbocycles. The Kier molecular flexibility index (Phi) is 10.1. The molecule has 1 saturated carbocycles. The van der Waals surface area contributed by atoms with Crippen LogP contribution in [0.3, 0.4) is 0 Å². The summed E-state index contributed by atoms with van der Waals surface area (Å²) in [5.41, 5.74) is 1.88. The molecule has 5 nitrogen and oxygen atoms in total. The predicted octanol–water partition coefficient (Wildman–Crippen LogP) is 6.56. The highest BCUT2D eigenvalue weighted by molar-refractivity contribution is 9.10. The van der Waals surface area contributed by atoms with Crippen molar-refractivity contribution >= 4 is 50.9 Å². The van der Waals surface area contributed by atoms with Gasteiger partial charge in [0, 0.05) is 22.6 Å². The minimum atomic E-state index is -0.685. The van der Waals surface area contributed by atoms with Crippen molar-refractivity contribution in [1.82, 2.24) is 10.2 Å². The van der Waals surface area contributed by atoms with Gasteiger partial charge < -0.3 is 15.0 Å². The smallest absolute Gasteiger partial charge is 0.261 e. The molecule has 0 heterocycles. The third-order valence-electron chi connectivity index (χ3n) is 6.23. The van der Waals surface area contributed by atoms with E-state index in [9.17, 15) is 9.59 Å². The van der Waals surface area contributed by atoms with Gasteiger partial charge in [-0.15, -0.1) is 0 Å². The molecule has 0 unspecified atom stereocenters. The van der Waals surface area contributed by atoms with E-state index in [0.717, 1.165) is 42.1 Å². The summed E-state index contributed by atoms with van der Waals surface area (Å²) in [6.07, 6.45) is 6.28. The zero-order chi connectivity index (χ0) is 24.7. The molecule has 184 valence electrons. The van der Waals surface area contributed by atoms with E-state index in [-0.39, 0.29) is 31.0 Å². The van der Waals surface area contributed by atoms with E-state index >= 15 is 0 Å². The molecule has 0 aliphatic heterocycles. The van der Waals surface area contributed by atoms with Crippen LogP contribution in [0.25, 0.3) is 0 Å². The summed E-state index contributed by atoms with van der Waals surface area (Å²) in [5, 5.41) is 4.08. The Morgan fingerprint density at radius 3 is 2.53 bits per heavy atom. The van der Waals surface area contributed by atoms with Crippen molar-refractivity contribution in [2.75, 3.05) is 6.61 Å². The summed E-state index contributed by atoms with van der Waals surface area (Å²) in [7, 11) is 0. The van der Waals surface area contributed by atoms with Gasteiger partial charge in [0.15, 0.2) is 6.61 Å². The largest absolute Gasteiger partial charge is 0.483 e. The van der Waals surface area contributed by atoms with Crippen LogP contribution in [0, 0.1) is 0 Å². The van der Waals surface area contributed by atoms with Gasteiger partial charge in [0.1, 0.15) is 11.8 Å². The van der Waals surface area contributed by atoms with Crippen molar-refractivity contribution < 1.29 is 14.3 Å². The van der Waals surface area contributed by atoms with E-state index in [2.05, 4.69) is 28.2 Å². The van der Waals surface area contributed by atoms with E-state index < -0.39 is 6.04 Å². The maximum absolute atomic E-state index is 13.3. The maximum atomic E-state index is 13.3. The van der Waals surface area contributed by atoms with Gasteiger partial charge in [0.25, 0.3) is 5.91 Å². The van der Waals surface area contributed by atoms with Gasteiger partial charge >= 0.3 is 0 Å². The van der Waals surface area contributed by atoms with E-state index in [1.54, 1.807) is 25.1 Å². The van der Waals surface area contributed by atoms with Gasteiger partial charge in [0.2, 0.25) is 5.91 Å². The molecule has 1 aliphatic rings. The summed E-state index contributed by atoms with van der Waals surface area (Å²) in [4.78, 5) is 27.9. The molecule has 1 fully saturated rings. The lowest BCUT2D eigenvalue weighted by atomic mass is 9.95. The Labute approximate surface area is 220 Å². The second kappa shape index (κ2) is 12.8. The molecule has 2 amide bonds. The average molecular weight is 570 g/mol. The van der Waals surface area contributed by atoms with Crippen LogP contribution in [0.15, 0.2) is 40.9 Å². The average Bonchev–Trinajstić information content (AvgIpc) is 2.82. The zero-order valence-electron chi connectivity index (χ0n) is 19.6. The van der Waals surface area contributed by atoms with Crippen LogP contribution in [-0.4, -0.2) is 35.4 Å². The van der Waals surface area contributed by atoms with Crippen LogP contribution in [-0.2, 0) is 22.6 Å². The molecule has 1 atom stereocenters. The number of aryl methyl sites for hydroxylation is 1. The molecule has 8 heteroatoms. The fraction of sp³-hybridized carbons (Fsp3) is 0.462. The van der Waals surface area contributed by atoms with Crippen LogP contribution in [0.4, 0.5) is 0 Å². The van der Waals surface area contributed by atoms with Crippen molar-refractivity contribution in [3.05, 3.63) is 62.0 Å². The first-order chi connectivity index (χ1) is 16.3. The second-order valence-corrected chi connectivity index (χ2v) is 10.4. The summed E-state index contributed by atoms with van der Waals surface area (Å²) in [5.74, 6) is 0.108. The molecule has 2 aromatic carbocycles. The van der Waals surface area contributed by atoms with Gasteiger partial charge in [0.05, 0.1) is 4.47 Å². The van der Waals surface area contributed by atoms with Crippen molar-refractivity contribution in [1.29, 1.82) is 0 Å². The molecule has 1 N–H and O–H groups in total. The molecule has 0 spiro atoms. The first kappa shape index (κ1) is 26.8. The monoisotopic (exact) mass is 568 g/mol. The fourth-order valence-electron chi connectivity index (χ4n) is 4.09. The van der Waals surface area contributed by atoms with Crippen molar-refractivity contribution in [2.45, 2.75) is 71.0 Å². The number of amides is 2. The molecular weight excluding hydrogens is 539 g/mol. The summed E-state index contributed by atoms with van der Waals surface area (Å²) in [6, 6.07) is 10.4. The third-order valence-corrected chi connectivity index (χ3v) is 7.44. The lowest BCUT2D eigenvalue weighted by molar-refractivity contribution is -0.142. The number of ether oxygens (including phenoxy) is 1. The number of halogens is 3. The molecule has 0 radical (unpaired) electrons. The van der Waals surface area contributed by atoms with Gasteiger partial charge in [-0.3, -0.25) is 9.59 Å². The van der Waals surface area contributed by atoms with Gasteiger partial charge in [-0.05, 0) is 77.5 Å². The number of hydrogen-bond acceptors (Lipinski definition) is 3. The maximum Gasteiger partial charge on any atom is 0.261 e. The Morgan fingerprint density at radius 2 is 1.88 bits per heavy atom. The Morgan fingerprint density at radius 1 is 1.15 bits per heavy atom. The number of carbonyl (C=O) groups is 2. The van der Waals surface area contributed by atoms with Gasteiger partial charge in [-0.1, -0.05) is 61.5 Å². The minimum absolute atomic E-state index is 0.157. The van der Waals surface area contributed by atoms with Crippen molar-refractivity contribution in [3.8, 4) is 5.75 Å². The lowest BCUT2D eigenvalue weighted by Crippen LogP contribution is -2.51. The first-order valence-electron chi connectivity index (χ1n) is 11.7. The van der Waals surface area contributed by atoms with Gasteiger partial charge in [-0.25, -0.2) is 0 Å². The molecule has 0 saturated heterocycles. The summed E-state index contributed by atoms with van der Waals surface area (Å²) >= 11 is 15.9. The quantitative estimate of drug-likeness (QED) is 0.372. The van der Waals surface area contributed by atoms with Crippen LogP contribution in [0.5, 0.6) is 5.75 Å². The van der Waals surface area contributed by atoms with E-state index in [1.807, 2.05) is 18.2 Å². The lowest BCUT2D eigenvalue weighted by Gasteiger charge is -2.31. The minimum Gasteiger partial charge on any atom is -0.483 e. The number of benzene rings is 2. The predicted molar refractivity (Wildman–Crippen MR) is 141 cm³/mol. The van der Waals surface area contributed by atoms with Crippen LogP contribution in [0.2, 0.25) is 10.0 Å². The van der Waals surface area contributed by atoms with E-state index in [4.69, 9.17) is 27.9 Å². The van der Waals surface area contributed by atoms with E-state index in [0.29, 0.717) is 21.4 Å². The van der Waals surface area contributed by atoms with Crippen LogP contribution in [0.1, 0.15) is 57.1 Å².